The minimum absolute atomic E-state index is 0.259. The first-order valence-corrected chi connectivity index (χ1v) is 8.44. The van der Waals surface area contributed by atoms with Gasteiger partial charge in [0.2, 0.25) is 10.0 Å². The van der Waals surface area contributed by atoms with E-state index in [-0.39, 0.29) is 4.90 Å². The number of thioether (sulfide) groups is 1. The summed E-state index contributed by atoms with van der Waals surface area (Å²) in [7, 11) is -3.37. The van der Waals surface area contributed by atoms with Gasteiger partial charge < -0.3 is 0 Å². The SMILES string of the molecule is O=S(=O)(c1cnn(CCCl)c1)N1CCSCC1. The number of aromatic nitrogens is 2. The van der Waals surface area contributed by atoms with E-state index in [9.17, 15) is 8.42 Å². The summed E-state index contributed by atoms with van der Waals surface area (Å²) in [4.78, 5) is 0.259. The van der Waals surface area contributed by atoms with Gasteiger partial charge in [-0.05, 0) is 0 Å². The van der Waals surface area contributed by atoms with Crippen molar-refractivity contribution in [3.8, 4) is 0 Å². The Labute approximate surface area is 110 Å². The fourth-order valence-electron chi connectivity index (χ4n) is 1.62. The first-order chi connectivity index (χ1) is 8.14. The van der Waals surface area contributed by atoms with E-state index in [2.05, 4.69) is 5.10 Å². The molecule has 0 saturated carbocycles. The van der Waals surface area contributed by atoms with Gasteiger partial charge in [-0.2, -0.15) is 21.2 Å². The molecule has 17 heavy (non-hydrogen) atoms. The van der Waals surface area contributed by atoms with Crippen LogP contribution in [0.1, 0.15) is 0 Å². The summed E-state index contributed by atoms with van der Waals surface area (Å²) in [5, 5.41) is 3.99. The Hall–Kier alpha value is -0.240. The Kier molecular flexibility index (Phi) is 4.35. The van der Waals surface area contributed by atoms with Crippen LogP contribution in [0.15, 0.2) is 17.3 Å². The van der Waals surface area contributed by atoms with Crippen LogP contribution in [0.25, 0.3) is 0 Å². The van der Waals surface area contributed by atoms with Crippen molar-refractivity contribution < 1.29 is 8.42 Å². The van der Waals surface area contributed by atoms with Gasteiger partial charge in [0, 0.05) is 36.7 Å². The average molecular weight is 296 g/mol. The number of rotatable bonds is 4. The first-order valence-electron chi connectivity index (χ1n) is 5.31. The van der Waals surface area contributed by atoms with Gasteiger partial charge in [-0.3, -0.25) is 4.68 Å². The summed E-state index contributed by atoms with van der Waals surface area (Å²) in [6, 6.07) is 0. The minimum Gasteiger partial charge on any atom is -0.270 e. The molecule has 2 heterocycles. The molecule has 2 rings (SSSR count). The van der Waals surface area contributed by atoms with Crippen molar-refractivity contribution in [2.75, 3.05) is 30.5 Å². The van der Waals surface area contributed by atoms with E-state index in [1.165, 1.54) is 10.5 Å². The molecule has 8 heteroatoms. The molecule has 1 aliphatic rings. The number of alkyl halides is 1. The summed E-state index contributed by atoms with van der Waals surface area (Å²) in [5.74, 6) is 2.13. The normalized spacial score (nSPS) is 18.4. The zero-order chi connectivity index (χ0) is 12.3. The van der Waals surface area contributed by atoms with Crippen molar-refractivity contribution in [3.63, 3.8) is 0 Å². The van der Waals surface area contributed by atoms with Gasteiger partial charge in [-0.15, -0.1) is 11.6 Å². The molecule has 0 amide bonds. The van der Waals surface area contributed by atoms with E-state index in [0.29, 0.717) is 25.5 Å². The Bertz CT molecular complexity index is 468. The Morgan fingerprint density at radius 1 is 1.41 bits per heavy atom. The van der Waals surface area contributed by atoms with Crippen molar-refractivity contribution >= 4 is 33.4 Å². The maximum Gasteiger partial charge on any atom is 0.246 e. The van der Waals surface area contributed by atoms with E-state index in [0.717, 1.165) is 11.5 Å². The fraction of sp³-hybridized carbons (Fsp3) is 0.667. The third kappa shape index (κ3) is 2.96. The quantitative estimate of drug-likeness (QED) is 0.773. The van der Waals surface area contributed by atoms with Crippen LogP contribution in [0.5, 0.6) is 0 Å². The second-order valence-electron chi connectivity index (χ2n) is 3.64. The summed E-state index contributed by atoms with van der Waals surface area (Å²) in [5.41, 5.74) is 0. The molecular weight excluding hydrogens is 282 g/mol. The molecule has 0 N–H and O–H groups in total. The zero-order valence-electron chi connectivity index (χ0n) is 9.25. The highest BCUT2D eigenvalue weighted by Crippen LogP contribution is 2.19. The van der Waals surface area contributed by atoms with E-state index >= 15 is 0 Å². The molecule has 0 atom stereocenters. The molecule has 5 nitrogen and oxygen atoms in total. The van der Waals surface area contributed by atoms with Crippen molar-refractivity contribution in [2.45, 2.75) is 11.4 Å². The topological polar surface area (TPSA) is 55.2 Å². The van der Waals surface area contributed by atoms with Crippen molar-refractivity contribution in [1.82, 2.24) is 14.1 Å². The molecule has 1 aromatic rings. The number of hydrogen-bond donors (Lipinski definition) is 0. The summed E-state index contributed by atoms with van der Waals surface area (Å²) in [6.07, 6.45) is 2.93. The molecule has 0 unspecified atom stereocenters. The Morgan fingerprint density at radius 3 is 2.76 bits per heavy atom. The van der Waals surface area contributed by atoms with Crippen LogP contribution in [-0.4, -0.2) is 53.0 Å². The molecular formula is C9H14ClN3O2S2. The molecule has 0 aliphatic carbocycles. The predicted octanol–water partition coefficient (Wildman–Crippen LogP) is 0.859. The third-order valence-corrected chi connectivity index (χ3v) is 5.49. The van der Waals surface area contributed by atoms with Crippen molar-refractivity contribution in [1.29, 1.82) is 0 Å². The molecule has 1 aliphatic heterocycles. The number of hydrogen-bond acceptors (Lipinski definition) is 4. The fourth-order valence-corrected chi connectivity index (χ4v) is 4.33. The lowest BCUT2D eigenvalue weighted by Crippen LogP contribution is -2.37. The Morgan fingerprint density at radius 2 is 2.12 bits per heavy atom. The minimum atomic E-state index is -3.37. The molecule has 0 spiro atoms. The van der Waals surface area contributed by atoms with Crippen LogP contribution in [0.2, 0.25) is 0 Å². The van der Waals surface area contributed by atoms with Crippen molar-refractivity contribution in [2.24, 2.45) is 0 Å². The standard InChI is InChI=1S/C9H14ClN3O2S2/c10-1-2-12-8-9(7-11-12)17(14,15)13-3-5-16-6-4-13/h7-8H,1-6H2. The van der Waals surface area contributed by atoms with Gasteiger partial charge in [0.05, 0.1) is 12.7 Å². The molecule has 96 valence electrons. The molecule has 0 aromatic carbocycles. The maximum absolute atomic E-state index is 12.2. The van der Waals surface area contributed by atoms with Gasteiger partial charge in [0.1, 0.15) is 4.90 Å². The number of halogens is 1. The first kappa shape index (κ1) is 13.2. The predicted molar refractivity (Wildman–Crippen MR) is 69.0 cm³/mol. The second kappa shape index (κ2) is 5.60. The van der Waals surface area contributed by atoms with Crippen LogP contribution in [0, 0.1) is 0 Å². The van der Waals surface area contributed by atoms with Gasteiger partial charge in [-0.25, -0.2) is 8.42 Å². The molecule has 0 bridgehead atoms. The van der Waals surface area contributed by atoms with E-state index in [1.54, 1.807) is 22.6 Å². The van der Waals surface area contributed by atoms with Gasteiger partial charge in [0.15, 0.2) is 0 Å². The summed E-state index contributed by atoms with van der Waals surface area (Å²) < 4.78 is 27.5. The molecule has 1 aromatic heterocycles. The largest absolute Gasteiger partial charge is 0.270 e. The monoisotopic (exact) mass is 295 g/mol. The van der Waals surface area contributed by atoms with Gasteiger partial charge in [0.25, 0.3) is 0 Å². The van der Waals surface area contributed by atoms with E-state index < -0.39 is 10.0 Å². The Balaban J connectivity index is 2.18. The van der Waals surface area contributed by atoms with Crippen LogP contribution in [-0.2, 0) is 16.6 Å². The average Bonchev–Trinajstić information content (AvgIpc) is 2.80. The molecule has 1 fully saturated rings. The lowest BCUT2D eigenvalue weighted by molar-refractivity contribution is 0.443. The van der Waals surface area contributed by atoms with E-state index in [1.807, 2.05) is 0 Å². The summed E-state index contributed by atoms with van der Waals surface area (Å²) in [6.45, 7) is 1.67. The summed E-state index contributed by atoms with van der Waals surface area (Å²) >= 11 is 7.36. The van der Waals surface area contributed by atoms with Gasteiger partial charge in [-0.1, -0.05) is 0 Å². The lowest BCUT2D eigenvalue weighted by Gasteiger charge is -2.24. The van der Waals surface area contributed by atoms with Crippen LogP contribution < -0.4 is 0 Å². The van der Waals surface area contributed by atoms with Crippen LogP contribution in [0.4, 0.5) is 0 Å². The highest BCUT2D eigenvalue weighted by atomic mass is 35.5. The van der Waals surface area contributed by atoms with Crippen molar-refractivity contribution in [3.05, 3.63) is 12.4 Å². The third-order valence-electron chi connectivity index (χ3n) is 2.53. The second-order valence-corrected chi connectivity index (χ2v) is 7.19. The smallest absolute Gasteiger partial charge is 0.246 e. The highest BCUT2D eigenvalue weighted by Gasteiger charge is 2.27. The van der Waals surface area contributed by atoms with Crippen LogP contribution >= 0.6 is 23.4 Å². The molecule has 1 saturated heterocycles. The van der Waals surface area contributed by atoms with E-state index in [4.69, 9.17) is 11.6 Å². The number of aryl methyl sites for hydroxylation is 1. The lowest BCUT2D eigenvalue weighted by atomic mass is 10.6. The number of nitrogens with zero attached hydrogens (tertiary/aromatic N) is 3. The van der Waals surface area contributed by atoms with Crippen LogP contribution in [0.3, 0.4) is 0 Å². The highest BCUT2D eigenvalue weighted by molar-refractivity contribution is 7.99. The maximum atomic E-state index is 12.2. The number of sulfonamides is 1. The zero-order valence-corrected chi connectivity index (χ0v) is 11.6. The molecule has 0 radical (unpaired) electrons. The van der Waals surface area contributed by atoms with Gasteiger partial charge >= 0.3 is 0 Å².